The molecule has 1 heterocycles. The molecular formula is C11H21N5O2. The summed E-state index contributed by atoms with van der Waals surface area (Å²) in [5.74, 6) is -0.165. The minimum Gasteiger partial charge on any atom is -0.396 e. The standard InChI is InChI=1S/C11H21N5O2/c1-9(2)16(5-3-7-17)11(18)10-8-15(6-4-12)14-13-10/h8-9,17H,3-7,12H2,1-2H3. The van der Waals surface area contributed by atoms with E-state index in [0.29, 0.717) is 31.7 Å². The Hall–Kier alpha value is -1.47. The molecule has 1 amide bonds. The van der Waals surface area contributed by atoms with E-state index in [4.69, 9.17) is 10.8 Å². The number of rotatable bonds is 7. The molecular weight excluding hydrogens is 234 g/mol. The molecule has 0 unspecified atom stereocenters. The summed E-state index contributed by atoms with van der Waals surface area (Å²) in [4.78, 5) is 13.9. The maximum Gasteiger partial charge on any atom is 0.276 e. The number of hydrogen-bond acceptors (Lipinski definition) is 5. The van der Waals surface area contributed by atoms with Crippen molar-refractivity contribution in [3.63, 3.8) is 0 Å². The number of nitrogens with two attached hydrogens (primary N) is 1. The maximum atomic E-state index is 12.2. The summed E-state index contributed by atoms with van der Waals surface area (Å²) >= 11 is 0. The van der Waals surface area contributed by atoms with Gasteiger partial charge >= 0.3 is 0 Å². The van der Waals surface area contributed by atoms with Crippen molar-refractivity contribution < 1.29 is 9.90 Å². The minimum atomic E-state index is -0.165. The van der Waals surface area contributed by atoms with Gasteiger partial charge in [0.15, 0.2) is 5.69 Å². The van der Waals surface area contributed by atoms with Crippen LogP contribution in [0.4, 0.5) is 0 Å². The molecule has 102 valence electrons. The average molecular weight is 255 g/mol. The maximum absolute atomic E-state index is 12.2. The molecule has 0 atom stereocenters. The summed E-state index contributed by atoms with van der Waals surface area (Å²) in [6.45, 7) is 5.43. The highest BCUT2D eigenvalue weighted by molar-refractivity contribution is 5.92. The van der Waals surface area contributed by atoms with E-state index in [1.165, 1.54) is 0 Å². The molecule has 0 bridgehead atoms. The van der Waals surface area contributed by atoms with Gasteiger partial charge in [-0.1, -0.05) is 5.21 Å². The fourth-order valence-corrected chi connectivity index (χ4v) is 1.62. The van der Waals surface area contributed by atoms with Crippen LogP contribution in [-0.2, 0) is 6.54 Å². The first-order chi connectivity index (χ1) is 8.60. The van der Waals surface area contributed by atoms with Crippen molar-refractivity contribution in [2.75, 3.05) is 19.7 Å². The van der Waals surface area contributed by atoms with Gasteiger partial charge in [-0.3, -0.25) is 9.48 Å². The fourth-order valence-electron chi connectivity index (χ4n) is 1.62. The highest BCUT2D eigenvalue weighted by Gasteiger charge is 2.21. The lowest BCUT2D eigenvalue weighted by Gasteiger charge is -2.25. The number of aliphatic hydroxyl groups is 1. The molecule has 0 saturated heterocycles. The molecule has 0 aliphatic rings. The van der Waals surface area contributed by atoms with E-state index < -0.39 is 0 Å². The average Bonchev–Trinajstić information content (AvgIpc) is 2.78. The van der Waals surface area contributed by atoms with Crippen molar-refractivity contribution in [2.45, 2.75) is 32.9 Å². The van der Waals surface area contributed by atoms with Crippen LogP contribution in [0.25, 0.3) is 0 Å². The van der Waals surface area contributed by atoms with Crippen LogP contribution in [-0.4, -0.2) is 56.6 Å². The number of hydrogen-bond donors (Lipinski definition) is 2. The van der Waals surface area contributed by atoms with Gasteiger partial charge in [0.25, 0.3) is 5.91 Å². The topological polar surface area (TPSA) is 97.3 Å². The molecule has 0 aliphatic carbocycles. The van der Waals surface area contributed by atoms with Crippen molar-refractivity contribution in [3.05, 3.63) is 11.9 Å². The Balaban J connectivity index is 2.74. The van der Waals surface area contributed by atoms with Gasteiger partial charge in [-0.05, 0) is 20.3 Å². The number of aliphatic hydroxyl groups excluding tert-OH is 1. The molecule has 0 aromatic carbocycles. The highest BCUT2D eigenvalue weighted by atomic mass is 16.3. The number of amides is 1. The first kappa shape index (κ1) is 14.6. The van der Waals surface area contributed by atoms with E-state index in [2.05, 4.69) is 10.3 Å². The normalized spacial score (nSPS) is 10.9. The highest BCUT2D eigenvalue weighted by Crippen LogP contribution is 2.06. The van der Waals surface area contributed by atoms with E-state index in [9.17, 15) is 4.79 Å². The summed E-state index contributed by atoms with van der Waals surface area (Å²) in [6, 6.07) is 0.0590. The van der Waals surface area contributed by atoms with Gasteiger partial charge < -0.3 is 15.7 Å². The molecule has 7 heteroatoms. The smallest absolute Gasteiger partial charge is 0.276 e. The van der Waals surface area contributed by atoms with Gasteiger partial charge in [0.1, 0.15) is 0 Å². The molecule has 0 radical (unpaired) electrons. The zero-order chi connectivity index (χ0) is 13.5. The Morgan fingerprint density at radius 1 is 1.61 bits per heavy atom. The summed E-state index contributed by atoms with van der Waals surface area (Å²) in [5, 5.41) is 16.5. The molecule has 0 fully saturated rings. The molecule has 0 saturated carbocycles. The largest absolute Gasteiger partial charge is 0.396 e. The minimum absolute atomic E-state index is 0.0590. The van der Waals surface area contributed by atoms with Crippen LogP contribution < -0.4 is 5.73 Å². The van der Waals surface area contributed by atoms with Gasteiger partial charge in [-0.2, -0.15) is 0 Å². The molecule has 0 aliphatic heterocycles. The Morgan fingerprint density at radius 3 is 2.89 bits per heavy atom. The van der Waals surface area contributed by atoms with Crippen molar-refractivity contribution >= 4 is 5.91 Å². The second-order valence-electron chi connectivity index (χ2n) is 4.32. The molecule has 18 heavy (non-hydrogen) atoms. The molecule has 0 spiro atoms. The van der Waals surface area contributed by atoms with E-state index in [-0.39, 0.29) is 18.6 Å². The van der Waals surface area contributed by atoms with E-state index in [1.807, 2.05) is 13.8 Å². The van der Waals surface area contributed by atoms with Crippen molar-refractivity contribution in [2.24, 2.45) is 5.73 Å². The lowest BCUT2D eigenvalue weighted by atomic mass is 10.2. The number of carbonyl (C=O) groups is 1. The van der Waals surface area contributed by atoms with E-state index in [0.717, 1.165) is 0 Å². The summed E-state index contributed by atoms with van der Waals surface area (Å²) in [7, 11) is 0. The predicted octanol–water partition coefficient (Wildman–Crippen LogP) is -0.530. The lowest BCUT2D eigenvalue weighted by molar-refractivity contribution is 0.0687. The Bertz CT molecular complexity index is 377. The van der Waals surface area contributed by atoms with Gasteiger partial charge in [0.2, 0.25) is 0 Å². The van der Waals surface area contributed by atoms with E-state index >= 15 is 0 Å². The SMILES string of the molecule is CC(C)N(CCCO)C(=O)c1cn(CCN)nn1. The third-order valence-electron chi connectivity index (χ3n) is 2.56. The van der Waals surface area contributed by atoms with Gasteiger partial charge in [-0.25, -0.2) is 0 Å². The second kappa shape index (κ2) is 7.07. The molecule has 1 rings (SSSR count). The van der Waals surface area contributed by atoms with Crippen LogP contribution in [0.2, 0.25) is 0 Å². The summed E-state index contributed by atoms with van der Waals surface area (Å²) in [5.41, 5.74) is 5.72. The van der Waals surface area contributed by atoms with Crippen molar-refractivity contribution in [3.8, 4) is 0 Å². The predicted molar refractivity (Wildman–Crippen MR) is 67.0 cm³/mol. The molecule has 1 aromatic rings. The van der Waals surface area contributed by atoms with Gasteiger partial charge in [0.05, 0.1) is 12.7 Å². The Labute approximate surface area is 107 Å². The molecule has 1 aromatic heterocycles. The fraction of sp³-hybridized carbons (Fsp3) is 0.727. The van der Waals surface area contributed by atoms with Crippen LogP contribution in [0.5, 0.6) is 0 Å². The number of carbonyl (C=O) groups excluding carboxylic acids is 1. The Kier molecular flexibility index (Phi) is 5.73. The van der Waals surface area contributed by atoms with Crippen LogP contribution in [0, 0.1) is 0 Å². The summed E-state index contributed by atoms with van der Waals surface area (Å²) in [6.07, 6.45) is 2.16. The molecule has 7 nitrogen and oxygen atoms in total. The quantitative estimate of drug-likeness (QED) is 0.682. The van der Waals surface area contributed by atoms with Crippen LogP contribution in [0.3, 0.4) is 0 Å². The molecule has 3 N–H and O–H groups in total. The number of nitrogens with zero attached hydrogens (tertiary/aromatic N) is 4. The first-order valence-electron chi connectivity index (χ1n) is 6.12. The lowest BCUT2D eigenvalue weighted by Crippen LogP contribution is -2.38. The van der Waals surface area contributed by atoms with E-state index in [1.54, 1.807) is 15.8 Å². The monoisotopic (exact) mass is 255 g/mol. The van der Waals surface area contributed by atoms with Crippen LogP contribution in [0.15, 0.2) is 6.20 Å². The van der Waals surface area contributed by atoms with Crippen LogP contribution in [0.1, 0.15) is 30.8 Å². The van der Waals surface area contributed by atoms with Crippen molar-refractivity contribution in [1.82, 2.24) is 19.9 Å². The third-order valence-corrected chi connectivity index (χ3v) is 2.56. The Morgan fingerprint density at radius 2 is 2.33 bits per heavy atom. The second-order valence-corrected chi connectivity index (χ2v) is 4.32. The van der Waals surface area contributed by atoms with Gasteiger partial charge in [0, 0.05) is 25.7 Å². The summed E-state index contributed by atoms with van der Waals surface area (Å²) < 4.78 is 1.55. The third kappa shape index (κ3) is 3.78. The first-order valence-corrected chi connectivity index (χ1v) is 6.12. The zero-order valence-corrected chi connectivity index (χ0v) is 10.9. The van der Waals surface area contributed by atoms with Gasteiger partial charge in [-0.15, -0.1) is 5.10 Å². The van der Waals surface area contributed by atoms with Crippen molar-refractivity contribution in [1.29, 1.82) is 0 Å². The van der Waals surface area contributed by atoms with Crippen LogP contribution >= 0.6 is 0 Å². The number of aromatic nitrogens is 3. The zero-order valence-electron chi connectivity index (χ0n) is 10.9.